The van der Waals surface area contributed by atoms with Crippen LogP contribution in [-0.2, 0) is 16.6 Å². The average molecular weight is 529 g/mol. The van der Waals surface area contributed by atoms with E-state index in [1.54, 1.807) is 16.9 Å². The smallest absolute Gasteiger partial charge is 0.243 e. The molecule has 1 N–H and O–H groups in total. The normalized spacial score (nSPS) is 17.0. The van der Waals surface area contributed by atoms with Crippen LogP contribution in [0.25, 0.3) is 5.65 Å². The molecule has 0 bridgehead atoms. The third kappa shape index (κ3) is 4.88. The zero-order chi connectivity index (χ0) is 24.6. The van der Waals surface area contributed by atoms with Gasteiger partial charge < -0.3 is 5.32 Å². The van der Waals surface area contributed by atoms with Gasteiger partial charge in [-0.3, -0.25) is 4.98 Å². The average Bonchev–Trinajstić information content (AvgIpc) is 3.25. The molecule has 1 fully saturated rings. The van der Waals surface area contributed by atoms with E-state index >= 15 is 0 Å². The summed E-state index contributed by atoms with van der Waals surface area (Å²) >= 11 is 12.1. The number of nitrogens with zero attached hydrogens (tertiary/aromatic N) is 5. The van der Waals surface area contributed by atoms with Crippen LogP contribution in [0, 0.1) is 0 Å². The Balaban J connectivity index is 1.44. The molecule has 1 unspecified atom stereocenters. The molecule has 3 aromatic heterocycles. The monoisotopic (exact) mass is 528 g/mol. The van der Waals surface area contributed by atoms with Gasteiger partial charge in [0.15, 0.2) is 5.65 Å². The van der Waals surface area contributed by atoms with Gasteiger partial charge >= 0.3 is 0 Å². The second kappa shape index (κ2) is 9.77. The molecule has 1 aliphatic heterocycles. The molecular weight excluding hydrogens is 506 g/mol. The lowest BCUT2D eigenvalue weighted by Gasteiger charge is -2.32. The van der Waals surface area contributed by atoms with Gasteiger partial charge in [0.05, 0.1) is 20.6 Å². The van der Waals surface area contributed by atoms with E-state index < -0.39 is 10.0 Å². The molecule has 1 aliphatic rings. The minimum absolute atomic E-state index is 0.0560. The van der Waals surface area contributed by atoms with Gasteiger partial charge in [-0.2, -0.15) is 13.9 Å². The fourth-order valence-electron chi connectivity index (χ4n) is 4.31. The molecule has 1 atom stereocenters. The van der Waals surface area contributed by atoms with Crippen molar-refractivity contribution < 1.29 is 8.42 Å². The minimum atomic E-state index is -3.72. The van der Waals surface area contributed by atoms with Gasteiger partial charge in [0, 0.05) is 50.2 Å². The Hall–Kier alpha value is -2.66. The summed E-state index contributed by atoms with van der Waals surface area (Å²) < 4.78 is 30.0. The third-order valence-corrected chi connectivity index (χ3v) is 8.80. The number of benzene rings is 1. The van der Waals surface area contributed by atoms with Gasteiger partial charge in [-0.05, 0) is 48.1 Å². The summed E-state index contributed by atoms with van der Waals surface area (Å²) in [6, 6.07) is 10.3. The number of pyridine rings is 1. The van der Waals surface area contributed by atoms with Crippen LogP contribution in [0.2, 0.25) is 10.0 Å². The lowest BCUT2D eigenvalue weighted by atomic mass is 9.95. The van der Waals surface area contributed by atoms with Gasteiger partial charge in [-0.25, -0.2) is 13.4 Å². The summed E-state index contributed by atoms with van der Waals surface area (Å²) in [5, 5.41) is 8.45. The Morgan fingerprint density at radius 3 is 2.77 bits per heavy atom. The number of piperidine rings is 1. The zero-order valence-corrected chi connectivity index (χ0v) is 21.4. The van der Waals surface area contributed by atoms with Gasteiger partial charge in [0.25, 0.3) is 0 Å². The van der Waals surface area contributed by atoms with Crippen molar-refractivity contribution in [1.82, 2.24) is 23.9 Å². The van der Waals surface area contributed by atoms with E-state index in [4.69, 9.17) is 28.2 Å². The molecule has 0 aliphatic carbocycles. The highest BCUT2D eigenvalue weighted by molar-refractivity contribution is 7.89. The molecular formula is C23H23BCl2N6O2S. The van der Waals surface area contributed by atoms with E-state index in [2.05, 4.69) is 15.4 Å². The van der Waals surface area contributed by atoms with Crippen molar-refractivity contribution in [3.05, 3.63) is 76.3 Å². The Kier molecular flexibility index (Phi) is 6.72. The fourth-order valence-corrected chi connectivity index (χ4v) is 6.22. The predicted octanol–water partition coefficient (Wildman–Crippen LogP) is 2.87. The van der Waals surface area contributed by atoms with Gasteiger partial charge in [0.2, 0.25) is 10.0 Å². The van der Waals surface area contributed by atoms with E-state index in [-0.39, 0.29) is 15.8 Å². The topological polar surface area (TPSA) is 92.5 Å². The van der Waals surface area contributed by atoms with Crippen molar-refractivity contribution in [2.24, 2.45) is 0 Å². The molecule has 0 amide bonds. The number of hydrogen-bond acceptors (Lipinski definition) is 6. The number of anilines is 1. The second-order valence-corrected chi connectivity index (χ2v) is 11.4. The SMILES string of the molecule is Bc1cnn2c(NCc3cccnc3)cc(C3CCCN(S(=O)(=O)c4ccc(Cl)c(Cl)c4)C3)nc12. The lowest BCUT2D eigenvalue weighted by molar-refractivity contribution is 0.313. The molecule has 1 aromatic carbocycles. The van der Waals surface area contributed by atoms with Crippen LogP contribution in [0.5, 0.6) is 0 Å². The molecule has 0 spiro atoms. The summed E-state index contributed by atoms with van der Waals surface area (Å²) in [6.45, 7) is 1.36. The highest BCUT2D eigenvalue weighted by Crippen LogP contribution is 2.32. The number of nitrogens with one attached hydrogen (secondary N) is 1. The number of rotatable bonds is 6. The first kappa shape index (κ1) is 24.1. The Labute approximate surface area is 214 Å². The quantitative estimate of drug-likeness (QED) is 0.387. The largest absolute Gasteiger partial charge is 0.366 e. The van der Waals surface area contributed by atoms with E-state index in [9.17, 15) is 8.42 Å². The Morgan fingerprint density at radius 1 is 1.14 bits per heavy atom. The first-order valence-electron chi connectivity index (χ1n) is 11.3. The summed E-state index contributed by atoms with van der Waals surface area (Å²) in [6.07, 6.45) is 6.90. The number of fused-ring (bicyclic) bond motifs is 1. The molecule has 4 heterocycles. The van der Waals surface area contributed by atoms with Crippen molar-refractivity contribution in [1.29, 1.82) is 0 Å². The van der Waals surface area contributed by atoms with Crippen LogP contribution < -0.4 is 10.8 Å². The van der Waals surface area contributed by atoms with Crippen LogP contribution in [0.1, 0.15) is 30.0 Å². The summed E-state index contributed by atoms with van der Waals surface area (Å²) in [7, 11) is -1.75. The standard InChI is InChI=1S/C23H23BCl2N6O2S/c24-18-13-29-32-22(28-12-15-3-1-7-27-11-15)10-21(30-23(18)32)16-4-2-8-31(14-16)35(33,34)17-5-6-19(25)20(26)9-17/h1,3,5-7,9-11,13,16,28H,2,4,8,12,14,24H2. The Morgan fingerprint density at radius 2 is 2.00 bits per heavy atom. The van der Waals surface area contributed by atoms with Crippen molar-refractivity contribution in [2.75, 3.05) is 18.4 Å². The van der Waals surface area contributed by atoms with Crippen LogP contribution in [-0.4, -0.2) is 53.2 Å². The highest BCUT2D eigenvalue weighted by atomic mass is 35.5. The van der Waals surface area contributed by atoms with Gasteiger partial charge in [0.1, 0.15) is 13.7 Å². The molecule has 4 aromatic rings. The number of hydrogen-bond donors (Lipinski definition) is 1. The van der Waals surface area contributed by atoms with Crippen LogP contribution in [0.3, 0.4) is 0 Å². The molecule has 180 valence electrons. The van der Waals surface area contributed by atoms with Crippen molar-refractivity contribution in [3.8, 4) is 0 Å². The van der Waals surface area contributed by atoms with Crippen molar-refractivity contribution in [2.45, 2.75) is 30.2 Å². The molecule has 8 nitrogen and oxygen atoms in total. The van der Waals surface area contributed by atoms with E-state index in [1.165, 1.54) is 22.5 Å². The molecule has 0 radical (unpaired) electrons. The summed E-state index contributed by atoms with van der Waals surface area (Å²) in [5.74, 6) is 0.742. The lowest BCUT2D eigenvalue weighted by Crippen LogP contribution is -2.39. The van der Waals surface area contributed by atoms with Crippen LogP contribution in [0.15, 0.2) is 59.9 Å². The maximum atomic E-state index is 13.4. The summed E-state index contributed by atoms with van der Waals surface area (Å²) in [4.78, 5) is 9.19. The van der Waals surface area contributed by atoms with E-state index in [0.717, 1.165) is 41.0 Å². The second-order valence-electron chi connectivity index (χ2n) is 8.62. The highest BCUT2D eigenvalue weighted by Gasteiger charge is 2.32. The van der Waals surface area contributed by atoms with Gasteiger partial charge in [-0.1, -0.05) is 29.3 Å². The Bertz CT molecular complexity index is 1480. The van der Waals surface area contributed by atoms with E-state index in [1.807, 2.05) is 32.2 Å². The molecule has 1 saturated heterocycles. The molecule has 12 heteroatoms. The van der Waals surface area contributed by atoms with Crippen LogP contribution >= 0.6 is 23.2 Å². The van der Waals surface area contributed by atoms with E-state index in [0.29, 0.717) is 24.7 Å². The maximum absolute atomic E-state index is 13.4. The number of halogens is 2. The maximum Gasteiger partial charge on any atom is 0.243 e. The first-order chi connectivity index (χ1) is 16.8. The fraction of sp³-hybridized carbons (Fsp3) is 0.261. The summed E-state index contributed by atoms with van der Waals surface area (Å²) in [5.41, 5.74) is 3.58. The van der Waals surface area contributed by atoms with Gasteiger partial charge in [-0.15, -0.1) is 0 Å². The third-order valence-electron chi connectivity index (χ3n) is 6.20. The zero-order valence-electron chi connectivity index (χ0n) is 19.0. The first-order valence-corrected chi connectivity index (χ1v) is 13.5. The molecule has 35 heavy (non-hydrogen) atoms. The predicted molar refractivity (Wildman–Crippen MR) is 140 cm³/mol. The molecule has 5 rings (SSSR count). The number of sulfonamides is 1. The van der Waals surface area contributed by atoms with Crippen molar-refractivity contribution in [3.63, 3.8) is 0 Å². The minimum Gasteiger partial charge on any atom is -0.366 e. The van der Waals surface area contributed by atoms with Crippen molar-refractivity contribution >= 4 is 58.0 Å². The molecule has 0 saturated carbocycles. The number of aromatic nitrogens is 4. The van der Waals surface area contributed by atoms with Crippen LogP contribution in [0.4, 0.5) is 5.82 Å².